The normalized spacial score (nSPS) is 21.7. The van der Waals surface area contributed by atoms with Crippen LogP contribution in [0, 0.1) is 5.41 Å². The number of hydrogen-bond acceptors (Lipinski definition) is 6. The van der Waals surface area contributed by atoms with Crippen molar-refractivity contribution in [3.8, 4) is 0 Å². The predicted molar refractivity (Wildman–Crippen MR) is 101 cm³/mol. The summed E-state index contributed by atoms with van der Waals surface area (Å²) in [4.78, 5) is 36.2. The van der Waals surface area contributed by atoms with Gasteiger partial charge in [-0.3, -0.25) is 9.59 Å². The average Bonchev–Trinajstić information content (AvgIpc) is 2.50. The molecule has 3 atom stereocenters. The van der Waals surface area contributed by atoms with Gasteiger partial charge in [0.05, 0.1) is 0 Å². The first-order valence-corrected chi connectivity index (χ1v) is 9.27. The number of hydrogen-bond donors (Lipinski definition) is 4. The van der Waals surface area contributed by atoms with Gasteiger partial charge in [0.1, 0.15) is 17.7 Å². The highest BCUT2D eigenvalue weighted by Crippen LogP contribution is 2.26. The van der Waals surface area contributed by atoms with Crippen LogP contribution in [0.25, 0.3) is 0 Å². The van der Waals surface area contributed by atoms with E-state index < -0.39 is 35.7 Å². The minimum absolute atomic E-state index is 0.0570. The molecular formula is C18H34N4O5. The van der Waals surface area contributed by atoms with E-state index in [0.29, 0.717) is 0 Å². The number of piperidine rings is 1. The van der Waals surface area contributed by atoms with Crippen LogP contribution in [0.4, 0.5) is 4.79 Å². The summed E-state index contributed by atoms with van der Waals surface area (Å²) < 4.78 is 5.45. The minimum atomic E-state index is -1.15. The van der Waals surface area contributed by atoms with Crippen molar-refractivity contribution in [2.75, 3.05) is 13.1 Å². The first-order valence-electron chi connectivity index (χ1n) is 9.27. The van der Waals surface area contributed by atoms with Crippen LogP contribution in [0.3, 0.4) is 0 Å². The molecule has 2 amide bonds. The van der Waals surface area contributed by atoms with Crippen molar-refractivity contribution in [1.29, 1.82) is 0 Å². The molecule has 0 aliphatic carbocycles. The molecule has 1 aliphatic heterocycles. The standard InChI is InChI=1S/C18H34N4O5/c1-11(15(24)25)20-14(23)12(2)22(16(26)27-17(3,4)5)21-13-8-9-19-10-18(13,6)7/h11-13,19,21H,8-10H2,1-7H3,(H,20,23)(H,24,25)/t11-,12-,13?/m0/s1. The molecule has 1 unspecified atom stereocenters. The van der Waals surface area contributed by atoms with Gasteiger partial charge in [-0.2, -0.15) is 0 Å². The van der Waals surface area contributed by atoms with Crippen molar-refractivity contribution in [1.82, 2.24) is 21.1 Å². The summed E-state index contributed by atoms with van der Waals surface area (Å²) in [6.07, 6.45) is 0.0917. The molecule has 9 nitrogen and oxygen atoms in total. The van der Waals surface area contributed by atoms with E-state index in [1.54, 1.807) is 20.8 Å². The summed E-state index contributed by atoms with van der Waals surface area (Å²) in [5, 5.41) is 15.9. The molecule has 0 aromatic heterocycles. The quantitative estimate of drug-likeness (QED) is 0.505. The molecule has 0 radical (unpaired) electrons. The number of nitrogens with one attached hydrogen (secondary N) is 3. The number of ether oxygens (including phenoxy) is 1. The number of amides is 2. The molecule has 0 aromatic carbocycles. The van der Waals surface area contributed by atoms with E-state index in [9.17, 15) is 14.4 Å². The maximum Gasteiger partial charge on any atom is 0.425 e. The first-order chi connectivity index (χ1) is 12.2. The second-order valence-corrected chi connectivity index (χ2v) is 8.73. The fourth-order valence-corrected chi connectivity index (χ4v) is 2.72. The van der Waals surface area contributed by atoms with E-state index in [4.69, 9.17) is 9.84 Å². The molecule has 0 spiro atoms. The third-order valence-corrected chi connectivity index (χ3v) is 4.51. The Morgan fingerprint density at radius 2 is 1.85 bits per heavy atom. The maximum atomic E-state index is 12.7. The Morgan fingerprint density at radius 3 is 2.33 bits per heavy atom. The first kappa shape index (κ1) is 23.2. The lowest BCUT2D eigenvalue weighted by atomic mass is 9.80. The van der Waals surface area contributed by atoms with Gasteiger partial charge in [0.15, 0.2) is 0 Å². The van der Waals surface area contributed by atoms with E-state index >= 15 is 0 Å². The van der Waals surface area contributed by atoms with Gasteiger partial charge in [0, 0.05) is 12.6 Å². The molecule has 9 heteroatoms. The van der Waals surface area contributed by atoms with Crippen LogP contribution in [0.2, 0.25) is 0 Å². The summed E-state index contributed by atoms with van der Waals surface area (Å²) in [6, 6.07) is -2.07. The smallest absolute Gasteiger partial charge is 0.425 e. The molecule has 1 aliphatic rings. The highest BCUT2D eigenvalue weighted by atomic mass is 16.6. The van der Waals surface area contributed by atoms with Gasteiger partial charge in [-0.1, -0.05) is 13.8 Å². The largest absolute Gasteiger partial charge is 0.480 e. The van der Waals surface area contributed by atoms with Gasteiger partial charge in [0.2, 0.25) is 5.91 Å². The van der Waals surface area contributed by atoms with Gasteiger partial charge in [0.25, 0.3) is 0 Å². The van der Waals surface area contributed by atoms with Crippen LogP contribution in [0.5, 0.6) is 0 Å². The number of rotatable bonds is 6. The predicted octanol–water partition coefficient (Wildman–Crippen LogP) is 1.09. The van der Waals surface area contributed by atoms with Crippen molar-refractivity contribution in [3.63, 3.8) is 0 Å². The third-order valence-electron chi connectivity index (χ3n) is 4.51. The second kappa shape index (κ2) is 8.88. The van der Waals surface area contributed by atoms with E-state index in [-0.39, 0.29) is 11.5 Å². The SMILES string of the molecule is C[C@H](NC(=O)[C@H](C)N(NC1CCNCC1(C)C)C(=O)OC(C)(C)C)C(=O)O. The zero-order valence-corrected chi connectivity index (χ0v) is 17.4. The van der Waals surface area contributed by atoms with E-state index in [2.05, 4.69) is 29.9 Å². The lowest BCUT2D eigenvalue weighted by molar-refractivity contribution is -0.142. The Morgan fingerprint density at radius 1 is 1.26 bits per heavy atom. The molecule has 1 saturated heterocycles. The van der Waals surface area contributed by atoms with Crippen LogP contribution in [-0.2, 0) is 14.3 Å². The van der Waals surface area contributed by atoms with Crippen LogP contribution in [-0.4, -0.2) is 64.9 Å². The second-order valence-electron chi connectivity index (χ2n) is 8.73. The molecule has 1 fully saturated rings. The Labute approximate surface area is 161 Å². The summed E-state index contributed by atoms with van der Waals surface area (Å²) in [7, 11) is 0. The highest BCUT2D eigenvalue weighted by molar-refractivity contribution is 5.88. The van der Waals surface area contributed by atoms with Gasteiger partial charge < -0.3 is 20.5 Å². The topological polar surface area (TPSA) is 120 Å². The molecular weight excluding hydrogens is 352 g/mol. The zero-order chi connectivity index (χ0) is 21.0. The van der Waals surface area contributed by atoms with Crippen LogP contribution in [0.1, 0.15) is 54.9 Å². The number of hydrazine groups is 1. The maximum absolute atomic E-state index is 12.7. The van der Waals surface area contributed by atoms with Gasteiger partial charge in [-0.05, 0) is 53.0 Å². The molecule has 0 bridgehead atoms. The minimum Gasteiger partial charge on any atom is -0.480 e. The lowest BCUT2D eigenvalue weighted by Gasteiger charge is -2.43. The molecule has 4 N–H and O–H groups in total. The summed E-state index contributed by atoms with van der Waals surface area (Å²) in [5.74, 6) is -1.72. The monoisotopic (exact) mass is 386 g/mol. The zero-order valence-electron chi connectivity index (χ0n) is 17.4. The van der Waals surface area contributed by atoms with Crippen molar-refractivity contribution in [3.05, 3.63) is 0 Å². The van der Waals surface area contributed by atoms with Crippen LogP contribution < -0.4 is 16.1 Å². The molecule has 156 valence electrons. The van der Waals surface area contributed by atoms with Crippen LogP contribution >= 0.6 is 0 Å². The molecule has 1 heterocycles. The van der Waals surface area contributed by atoms with Crippen molar-refractivity contribution in [2.24, 2.45) is 5.41 Å². The number of nitrogens with zero attached hydrogens (tertiary/aromatic N) is 1. The van der Waals surface area contributed by atoms with Crippen molar-refractivity contribution < 1.29 is 24.2 Å². The van der Waals surface area contributed by atoms with Gasteiger partial charge in [-0.25, -0.2) is 15.2 Å². The molecule has 0 saturated carbocycles. The van der Waals surface area contributed by atoms with E-state index in [1.807, 2.05) is 0 Å². The Bertz CT molecular complexity index is 558. The number of carboxylic acid groups (broad SMARTS) is 1. The van der Waals surface area contributed by atoms with E-state index in [0.717, 1.165) is 19.5 Å². The third kappa shape index (κ3) is 6.99. The fourth-order valence-electron chi connectivity index (χ4n) is 2.72. The summed E-state index contributed by atoms with van der Waals surface area (Å²) in [6.45, 7) is 13.8. The number of carboxylic acids is 1. The van der Waals surface area contributed by atoms with Crippen LogP contribution in [0.15, 0.2) is 0 Å². The fraction of sp³-hybridized carbons (Fsp3) is 0.833. The number of aliphatic carboxylic acids is 1. The molecule has 1 rings (SSSR count). The Balaban J connectivity index is 3.00. The number of carbonyl (C=O) groups excluding carboxylic acids is 2. The lowest BCUT2D eigenvalue weighted by Crippen LogP contribution is -2.63. The van der Waals surface area contributed by atoms with Crippen molar-refractivity contribution in [2.45, 2.75) is 78.6 Å². The van der Waals surface area contributed by atoms with E-state index in [1.165, 1.54) is 18.9 Å². The van der Waals surface area contributed by atoms with Gasteiger partial charge in [-0.15, -0.1) is 0 Å². The highest BCUT2D eigenvalue weighted by Gasteiger charge is 2.38. The Hall–Kier alpha value is -1.87. The summed E-state index contributed by atoms with van der Waals surface area (Å²) in [5.41, 5.74) is 2.28. The van der Waals surface area contributed by atoms with Gasteiger partial charge >= 0.3 is 12.1 Å². The Kier molecular flexibility index (Phi) is 7.62. The number of carbonyl (C=O) groups is 3. The average molecular weight is 386 g/mol. The van der Waals surface area contributed by atoms with Crippen molar-refractivity contribution >= 4 is 18.0 Å². The molecule has 0 aromatic rings. The summed E-state index contributed by atoms with van der Waals surface area (Å²) >= 11 is 0. The molecule has 27 heavy (non-hydrogen) atoms.